The van der Waals surface area contributed by atoms with Crippen LogP contribution in [0.5, 0.6) is 0 Å². The minimum absolute atomic E-state index is 0.128. The summed E-state index contributed by atoms with van der Waals surface area (Å²) < 4.78 is 5.21. The van der Waals surface area contributed by atoms with Gasteiger partial charge < -0.3 is 15.2 Å². The smallest absolute Gasteiger partial charge is 0.329 e. The highest BCUT2D eigenvalue weighted by Gasteiger charge is 2.42. The van der Waals surface area contributed by atoms with Gasteiger partial charge in [0.1, 0.15) is 5.54 Å². The molecule has 13 heavy (non-hydrogen) atoms. The van der Waals surface area contributed by atoms with E-state index >= 15 is 0 Å². The Labute approximate surface area is 76.1 Å². The van der Waals surface area contributed by atoms with Crippen molar-refractivity contribution in [1.82, 2.24) is 5.32 Å². The monoisotopic (exact) mass is 187 g/mol. The number of amides is 1. The van der Waals surface area contributed by atoms with Crippen LogP contribution < -0.4 is 5.32 Å². The summed E-state index contributed by atoms with van der Waals surface area (Å²) in [6.07, 6.45) is 0.954. The van der Waals surface area contributed by atoms with Gasteiger partial charge in [-0.1, -0.05) is 0 Å². The normalized spacial score (nSPS) is 33.8. The van der Waals surface area contributed by atoms with Crippen molar-refractivity contribution >= 4 is 12.4 Å². The Morgan fingerprint density at radius 3 is 2.92 bits per heavy atom. The lowest BCUT2D eigenvalue weighted by Crippen LogP contribution is -2.56. The van der Waals surface area contributed by atoms with E-state index in [-0.39, 0.29) is 6.10 Å². The van der Waals surface area contributed by atoms with Crippen molar-refractivity contribution < 1.29 is 19.4 Å². The highest BCUT2D eigenvalue weighted by Crippen LogP contribution is 2.24. The van der Waals surface area contributed by atoms with Crippen LogP contribution in [0.15, 0.2) is 0 Å². The van der Waals surface area contributed by atoms with E-state index in [1.165, 1.54) is 0 Å². The largest absolute Gasteiger partial charge is 0.480 e. The molecule has 2 atom stereocenters. The molecule has 0 bridgehead atoms. The number of rotatable bonds is 3. The number of hydrogen-bond donors (Lipinski definition) is 2. The molecule has 0 saturated carbocycles. The number of ether oxygens (including phenoxy) is 1. The van der Waals surface area contributed by atoms with E-state index in [9.17, 15) is 9.59 Å². The quantitative estimate of drug-likeness (QED) is 0.597. The second kappa shape index (κ2) is 3.74. The predicted molar refractivity (Wildman–Crippen MR) is 44.2 cm³/mol. The Morgan fingerprint density at radius 2 is 2.46 bits per heavy atom. The van der Waals surface area contributed by atoms with Crippen molar-refractivity contribution in [2.24, 2.45) is 0 Å². The SMILES string of the molecule is CC1CC(NC=O)(C(=O)O)CCO1. The van der Waals surface area contributed by atoms with Crippen LogP contribution in [0.2, 0.25) is 0 Å². The minimum Gasteiger partial charge on any atom is -0.480 e. The molecule has 2 N–H and O–H groups in total. The summed E-state index contributed by atoms with van der Waals surface area (Å²) in [6, 6.07) is 0. The molecular formula is C8H13NO4. The molecule has 1 saturated heterocycles. The fraction of sp³-hybridized carbons (Fsp3) is 0.750. The Bertz CT molecular complexity index is 218. The third-order valence-corrected chi connectivity index (χ3v) is 2.31. The molecule has 1 heterocycles. The van der Waals surface area contributed by atoms with Gasteiger partial charge in [-0.05, 0) is 6.92 Å². The molecule has 5 nitrogen and oxygen atoms in total. The zero-order valence-electron chi connectivity index (χ0n) is 7.45. The van der Waals surface area contributed by atoms with Gasteiger partial charge in [-0.2, -0.15) is 0 Å². The van der Waals surface area contributed by atoms with Gasteiger partial charge >= 0.3 is 5.97 Å². The molecule has 1 aliphatic heterocycles. The van der Waals surface area contributed by atoms with Crippen LogP contribution in [0, 0.1) is 0 Å². The third-order valence-electron chi connectivity index (χ3n) is 2.31. The first-order chi connectivity index (χ1) is 6.10. The van der Waals surface area contributed by atoms with Crippen LogP contribution in [0.25, 0.3) is 0 Å². The number of carbonyl (C=O) groups excluding carboxylic acids is 1. The third kappa shape index (κ3) is 1.98. The molecule has 74 valence electrons. The molecule has 1 aliphatic rings. The number of nitrogens with one attached hydrogen (secondary N) is 1. The molecular weight excluding hydrogens is 174 g/mol. The van der Waals surface area contributed by atoms with Crippen molar-refractivity contribution in [1.29, 1.82) is 0 Å². The van der Waals surface area contributed by atoms with Crippen LogP contribution in [-0.4, -0.2) is 35.7 Å². The van der Waals surface area contributed by atoms with Gasteiger partial charge in [-0.15, -0.1) is 0 Å². The van der Waals surface area contributed by atoms with Crippen molar-refractivity contribution in [2.75, 3.05) is 6.61 Å². The van der Waals surface area contributed by atoms with Gasteiger partial charge in [0, 0.05) is 19.4 Å². The fourth-order valence-electron chi connectivity index (χ4n) is 1.59. The Morgan fingerprint density at radius 1 is 1.77 bits per heavy atom. The highest BCUT2D eigenvalue weighted by atomic mass is 16.5. The minimum atomic E-state index is -1.13. The molecule has 0 aromatic heterocycles. The molecule has 2 unspecified atom stereocenters. The predicted octanol–water partition coefficient (Wildman–Crippen LogP) is -0.245. The summed E-state index contributed by atoms with van der Waals surface area (Å²) in [7, 11) is 0. The zero-order chi connectivity index (χ0) is 9.90. The van der Waals surface area contributed by atoms with Gasteiger partial charge in [0.05, 0.1) is 6.10 Å². The van der Waals surface area contributed by atoms with Crippen LogP contribution in [0.4, 0.5) is 0 Å². The van der Waals surface area contributed by atoms with E-state index in [0.29, 0.717) is 25.9 Å². The summed E-state index contributed by atoms with van der Waals surface area (Å²) >= 11 is 0. The lowest BCUT2D eigenvalue weighted by molar-refractivity contribution is -0.153. The number of carboxylic acids is 1. The Balaban J connectivity index is 2.76. The van der Waals surface area contributed by atoms with Gasteiger partial charge in [0.2, 0.25) is 6.41 Å². The summed E-state index contributed by atoms with van der Waals surface area (Å²) in [6.45, 7) is 2.16. The van der Waals surface area contributed by atoms with Crippen molar-refractivity contribution in [2.45, 2.75) is 31.4 Å². The van der Waals surface area contributed by atoms with Crippen LogP contribution in [0.1, 0.15) is 19.8 Å². The zero-order valence-corrected chi connectivity index (χ0v) is 7.45. The molecule has 0 spiro atoms. The molecule has 0 aromatic carbocycles. The van der Waals surface area contributed by atoms with E-state index in [4.69, 9.17) is 9.84 Å². The molecule has 0 aliphatic carbocycles. The highest BCUT2D eigenvalue weighted by molar-refractivity contribution is 5.81. The van der Waals surface area contributed by atoms with E-state index in [1.54, 1.807) is 6.92 Å². The van der Waals surface area contributed by atoms with E-state index in [1.807, 2.05) is 0 Å². The van der Waals surface area contributed by atoms with Gasteiger partial charge in [0.25, 0.3) is 0 Å². The topological polar surface area (TPSA) is 75.6 Å². The summed E-state index contributed by atoms with van der Waals surface area (Å²) in [5.41, 5.74) is -1.13. The number of hydrogen-bond acceptors (Lipinski definition) is 3. The first-order valence-corrected chi connectivity index (χ1v) is 4.17. The second-order valence-corrected chi connectivity index (χ2v) is 3.28. The number of carboxylic acid groups (broad SMARTS) is 1. The maximum atomic E-state index is 10.9. The Hall–Kier alpha value is -1.10. The van der Waals surface area contributed by atoms with Crippen LogP contribution >= 0.6 is 0 Å². The van der Waals surface area contributed by atoms with Crippen LogP contribution in [0.3, 0.4) is 0 Å². The summed E-state index contributed by atoms with van der Waals surface area (Å²) in [4.78, 5) is 21.2. The van der Waals surface area contributed by atoms with Crippen molar-refractivity contribution in [3.63, 3.8) is 0 Å². The van der Waals surface area contributed by atoms with Crippen molar-refractivity contribution in [3.05, 3.63) is 0 Å². The van der Waals surface area contributed by atoms with E-state index in [0.717, 1.165) is 0 Å². The maximum Gasteiger partial charge on any atom is 0.329 e. The molecule has 1 fully saturated rings. The van der Waals surface area contributed by atoms with Gasteiger partial charge in [-0.3, -0.25) is 4.79 Å². The fourth-order valence-corrected chi connectivity index (χ4v) is 1.59. The lowest BCUT2D eigenvalue weighted by atomic mass is 9.87. The maximum absolute atomic E-state index is 10.9. The Kier molecular flexibility index (Phi) is 2.87. The van der Waals surface area contributed by atoms with Gasteiger partial charge in [0.15, 0.2) is 0 Å². The lowest BCUT2D eigenvalue weighted by Gasteiger charge is -2.35. The number of carbonyl (C=O) groups is 2. The van der Waals surface area contributed by atoms with Crippen LogP contribution in [-0.2, 0) is 14.3 Å². The van der Waals surface area contributed by atoms with Gasteiger partial charge in [-0.25, -0.2) is 4.79 Å². The first-order valence-electron chi connectivity index (χ1n) is 4.17. The average Bonchev–Trinajstić information content (AvgIpc) is 2.04. The molecule has 1 amide bonds. The standard InChI is InChI=1S/C8H13NO4/c1-6-4-8(7(11)12,9-5-10)2-3-13-6/h5-6H,2-4H2,1H3,(H,9,10)(H,11,12). The summed E-state index contributed by atoms with van der Waals surface area (Å²) in [5.74, 6) is -0.991. The second-order valence-electron chi connectivity index (χ2n) is 3.28. The average molecular weight is 187 g/mol. The molecule has 5 heteroatoms. The molecule has 1 rings (SSSR count). The van der Waals surface area contributed by atoms with E-state index in [2.05, 4.69) is 5.32 Å². The summed E-state index contributed by atoms with van der Waals surface area (Å²) in [5, 5.41) is 11.3. The number of aliphatic carboxylic acids is 1. The van der Waals surface area contributed by atoms with Crippen molar-refractivity contribution in [3.8, 4) is 0 Å². The first kappa shape index (κ1) is 9.98. The molecule has 0 radical (unpaired) electrons. The molecule has 0 aromatic rings. The van der Waals surface area contributed by atoms with E-state index < -0.39 is 11.5 Å².